The third-order valence-electron chi connectivity index (χ3n) is 3.64. The minimum absolute atomic E-state index is 0.286. The molecule has 1 aromatic rings. The van der Waals surface area contributed by atoms with E-state index in [1.165, 1.54) is 11.1 Å². The molecular weight excluding hydrogens is 246 g/mol. The first-order valence-corrected chi connectivity index (χ1v) is 7.13. The lowest BCUT2D eigenvalue weighted by molar-refractivity contribution is 0.0786. The van der Waals surface area contributed by atoms with E-state index in [2.05, 4.69) is 38.2 Å². The predicted octanol–water partition coefficient (Wildman–Crippen LogP) is 3.79. The zero-order valence-electron chi connectivity index (χ0n) is 11.4. The van der Waals surface area contributed by atoms with Gasteiger partial charge in [0.05, 0.1) is 12.1 Å². The third kappa shape index (κ3) is 2.87. The van der Waals surface area contributed by atoms with Crippen molar-refractivity contribution in [2.75, 3.05) is 13.2 Å². The summed E-state index contributed by atoms with van der Waals surface area (Å²) in [5.74, 6) is 0. The number of hydrogen-bond acceptors (Lipinski definition) is 2. The van der Waals surface area contributed by atoms with Gasteiger partial charge in [0.1, 0.15) is 0 Å². The second-order valence-electron chi connectivity index (χ2n) is 5.04. The summed E-state index contributed by atoms with van der Waals surface area (Å²) in [6, 6.07) is 4.55. The van der Waals surface area contributed by atoms with E-state index >= 15 is 0 Å². The maximum absolute atomic E-state index is 6.18. The molecule has 0 aliphatic carbocycles. The van der Waals surface area contributed by atoms with Gasteiger partial charge in [0.2, 0.25) is 0 Å². The topological polar surface area (TPSA) is 21.3 Å². The van der Waals surface area contributed by atoms with Crippen LogP contribution in [0, 0.1) is 13.8 Å². The van der Waals surface area contributed by atoms with Crippen LogP contribution in [0.1, 0.15) is 42.5 Å². The number of aryl methyl sites for hydroxylation is 2. The summed E-state index contributed by atoms with van der Waals surface area (Å²) in [6.45, 7) is 8.16. The number of nitrogens with one attached hydrogen (secondary N) is 1. The Balaban J connectivity index is 2.32. The average molecular weight is 268 g/mol. The van der Waals surface area contributed by atoms with Crippen LogP contribution >= 0.6 is 11.6 Å². The van der Waals surface area contributed by atoms with E-state index in [0.29, 0.717) is 6.10 Å². The molecule has 1 N–H and O–H groups in total. The lowest BCUT2D eigenvalue weighted by Crippen LogP contribution is -2.32. The summed E-state index contributed by atoms with van der Waals surface area (Å²) in [7, 11) is 0. The summed E-state index contributed by atoms with van der Waals surface area (Å²) in [5, 5.41) is 4.41. The van der Waals surface area contributed by atoms with Crippen LogP contribution in [0.25, 0.3) is 0 Å². The van der Waals surface area contributed by atoms with E-state index in [4.69, 9.17) is 16.3 Å². The summed E-state index contributed by atoms with van der Waals surface area (Å²) in [6.07, 6.45) is 2.60. The molecule has 3 heteroatoms. The zero-order chi connectivity index (χ0) is 13.1. The van der Waals surface area contributed by atoms with Crippen LogP contribution in [-0.4, -0.2) is 19.3 Å². The van der Waals surface area contributed by atoms with Gasteiger partial charge in [-0.1, -0.05) is 24.6 Å². The molecule has 0 aromatic heterocycles. The Morgan fingerprint density at radius 2 is 2.17 bits per heavy atom. The quantitative estimate of drug-likeness (QED) is 0.896. The van der Waals surface area contributed by atoms with Crippen LogP contribution < -0.4 is 5.32 Å². The van der Waals surface area contributed by atoms with E-state index in [9.17, 15) is 0 Å². The van der Waals surface area contributed by atoms with E-state index in [1.807, 2.05) is 0 Å². The van der Waals surface area contributed by atoms with Crippen molar-refractivity contribution in [1.82, 2.24) is 5.32 Å². The Morgan fingerprint density at radius 3 is 2.78 bits per heavy atom. The monoisotopic (exact) mass is 267 g/mol. The Morgan fingerprint density at radius 1 is 1.39 bits per heavy atom. The average Bonchev–Trinajstić information content (AvgIpc) is 2.85. The number of likely N-dealkylation sites (N-methyl/N-ethyl adjacent to an activating group) is 1. The summed E-state index contributed by atoms with van der Waals surface area (Å²) >= 11 is 6.18. The Labute approximate surface area is 115 Å². The van der Waals surface area contributed by atoms with Crippen LogP contribution in [0.2, 0.25) is 5.02 Å². The van der Waals surface area contributed by atoms with Crippen molar-refractivity contribution in [3.05, 3.63) is 33.8 Å². The minimum atomic E-state index is 0.286. The smallest absolute Gasteiger partial charge is 0.0770 e. The largest absolute Gasteiger partial charge is 0.376 e. The molecule has 18 heavy (non-hydrogen) atoms. The molecule has 1 aliphatic heterocycles. The predicted molar refractivity (Wildman–Crippen MR) is 76.3 cm³/mol. The van der Waals surface area contributed by atoms with Crippen LogP contribution in [0.3, 0.4) is 0 Å². The molecule has 2 unspecified atom stereocenters. The molecule has 1 heterocycles. The van der Waals surface area contributed by atoms with E-state index in [0.717, 1.165) is 36.6 Å². The Kier molecular flexibility index (Phi) is 4.66. The van der Waals surface area contributed by atoms with E-state index < -0.39 is 0 Å². The molecule has 1 saturated heterocycles. The Bertz CT molecular complexity index is 413. The summed E-state index contributed by atoms with van der Waals surface area (Å²) in [5.41, 5.74) is 3.70. The standard InChI is InChI=1S/C15H22ClNO/c1-4-17-15(14-6-5-7-18-14)12-8-11(3)13(16)9-10(12)2/h8-9,14-15,17H,4-7H2,1-3H3. The van der Waals surface area contributed by atoms with Gasteiger partial charge < -0.3 is 10.1 Å². The van der Waals surface area contributed by atoms with Gasteiger partial charge in [-0.2, -0.15) is 0 Å². The maximum Gasteiger partial charge on any atom is 0.0770 e. The lowest BCUT2D eigenvalue weighted by atomic mass is 9.94. The Hall–Kier alpha value is -0.570. The number of ether oxygens (including phenoxy) is 1. The van der Waals surface area contributed by atoms with Crippen molar-refractivity contribution in [1.29, 1.82) is 0 Å². The first-order valence-electron chi connectivity index (χ1n) is 6.75. The molecular formula is C15H22ClNO. The van der Waals surface area contributed by atoms with E-state index in [1.54, 1.807) is 0 Å². The molecule has 0 spiro atoms. The first kappa shape index (κ1) is 13.9. The molecule has 1 fully saturated rings. The highest BCUT2D eigenvalue weighted by atomic mass is 35.5. The van der Waals surface area contributed by atoms with Gasteiger partial charge in [0.25, 0.3) is 0 Å². The van der Waals surface area contributed by atoms with Crippen LogP contribution in [0.15, 0.2) is 12.1 Å². The SMILES string of the molecule is CCNC(c1cc(C)c(Cl)cc1C)C1CCCO1. The summed E-state index contributed by atoms with van der Waals surface area (Å²) in [4.78, 5) is 0. The number of halogens is 1. The number of hydrogen-bond donors (Lipinski definition) is 1. The van der Waals surface area contributed by atoms with Crippen molar-refractivity contribution in [3.63, 3.8) is 0 Å². The zero-order valence-corrected chi connectivity index (χ0v) is 12.2. The fourth-order valence-corrected chi connectivity index (χ4v) is 2.88. The van der Waals surface area contributed by atoms with Crippen molar-refractivity contribution in [3.8, 4) is 0 Å². The molecule has 1 aromatic carbocycles. The second kappa shape index (κ2) is 6.05. The van der Waals surface area contributed by atoms with Crippen molar-refractivity contribution < 1.29 is 4.74 Å². The van der Waals surface area contributed by atoms with Gasteiger partial charge >= 0.3 is 0 Å². The minimum Gasteiger partial charge on any atom is -0.376 e. The van der Waals surface area contributed by atoms with Gasteiger partial charge in [0.15, 0.2) is 0 Å². The highest BCUT2D eigenvalue weighted by molar-refractivity contribution is 6.31. The number of benzene rings is 1. The van der Waals surface area contributed by atoms with Crippen molar-refractivity contribution in [2.24, 2.45) is 0 Å². The van der Waals surface area contributed by atoms with Crippen molar-refractivity contribution in [2.45, 2.75) is 45.8 Å². The number of rotatable bonds is 4. The van der Waals surface area contributed by atoms with Crippen LogP contribution in [0.4, 0.5) is 0 Å². The summed E-state index contributed by atoms with van der Waals surface area (Å²) < 4.78 is 5.85. The molecule has 2 nitrogen and oxygen atoms in total. The molecule has 0 radical (unpaired) electrons. The van der Waals surface area contributed by atoms with Gasteiger partial charge in [-0.3, -0.25) is 0 Å². The molecule has 0 saturated carbocycles. The molecule has 2 rings (SSSR count). The van der Waals surface area contributed by atoms with Crippen molar-refractivity contribution >= 4 is 11.6 Å². The highest BCUT2D eigenvalue weighted by Crippen LogP contribution is 2.31. The van der Waals surface area contributed by atoms with E-state index in [-0.39, 0.29) is 6.04 Å². The fourth-order valence-electron chi connectivity index (χ4n) is 2.67. The van der Waals surface area contributed by atoms with Gasteiger partial charge in [-0.15, -0.1) is 0 Å². The van der Waals surface area contributed by atoms with Crippen LogP contribution in [0.5, 0.6) is 0 Å². The van der Waals surface area contributed by atoms with Crippen LogP contribution in [-0.2, 0) is 4.74 Å². The molecule has 100 valence electrons. The normalized spacial score (nSPS) is 21.2. The van der Waals surface area contributed by atoms with Gasteiger partial charge in [-0.05, 0) is 56.0 Å². The molecule has 2 atom stereocenters. The first-order chi connectivity index (χ1) is 8.63. The lowest BCUT2D eigenvalue weighted by Gasteiger charge is -2.26. The van der Waals surface area contributed by atoms with Gasteiger partial charge in [0, 0.05) is 11.6 Å². The fraction of sp³-hybridized carbons (Fsp3) is 0.600. The molecule has 0 bridgehead atoms. The second-order valence-corrected chi connectivity index (χ2v) is 5.45. The van der Waals surface area contributed by atoms with Gasteiger partial charge in [-0.25, -0.2) is 0 Å². The third-order valence-corrected chi connectivity index (χ3v) is 4.05. The maximum atomic E-state index is 6.18. The highest BCUT2D eigenvalue weighted by Gasteiger charge is 2.27. The molecule has 1 aliphatic rings. The molecule has 0 amide bonds.